The predicted octanol–water partition coefficient (Wildman–Crippen LogP) is 2.12. The van der Waals surface area contributed by atoms with Crippen LogP contribution in [0.4, 0.5) is 0 Å². The quantitative estimate of drug-likeness (QED) is 0.737. The fraction of sp³-hybridized carbons (Fsp3) is 0.267. The van der Waals surface area contributed by atoms with E-state index in [0.29, 0.717) is 28.8 Å². The molecule has 0 bridgehead atoms. The Labute approximate surface area is 143 Å². The monoisotopic (exact) mass is 345 g/mol. The largest absolute Gasteiger partial charge is 0.340 e. The number of nitrogens with one attached hydrogen (secondary N) is 2. The molecule has 0 spiro atoms. The minimum Gasteiger partial charge on any atom is -0.340 e. The van der Waals surface area contributed by atoms with Gasteiger partial charge in [0.2, 0.25) is 0 Å². The van der Waals surface area contributed by atoms with Gasteiger partial charge < -0.3 is 4.90 Å². The second-order valence-corrected chi connectivity index (χ2v) is 5.91. The number of nitrogens with zero attached hydrogens (tertiary/aromatic N) is 5. The number of aromatic nitrogens is 6. The molecule has 0 unspecified atom stereocenters. The van der Waals surface area contributed by atoms with Gasteiger partial charge in [0.25, 0.3) is 5.91 Å². The Morgan fingerprint density at radius 2 is 2.12 bits per heavy atom. The van der Waals surface area contributed by atoms with Crippen molar-refractivity contribution in [1.29, 1.82) is 0 Å². The second kappa shape index (κ2) is 6.79. The highest BCUT2D eigenvalue weighted by Crippen LogP contribution is 2.26. The van der Waals surface area contributed by atoms with Crippen molar-refractivity contribution in [2.24, 2.45) is 0 Å². The molecular formula is C15H16ClN7O. The van der Waals surface area contributed by atoms with Gasteiger partial charge in [-0.15, -0.1) is 10.2 Å². The molecule has 0 radical (unpaired) electrons. The molecule has 1 amide bonds. The van der Waals surface area contributed by atoms with Crippen LogP contribution in [0.3, 0.4) is 0 Å². The Hall–Kier alpha value is -2.74. The molecule has 9 heteroatoms. The van der Waals surface area contributed by atoms with E-state index in [9.17, 15) is 4.79 Å². The molecule has 2 N–H and O–H groups in total. The smallest absolute Gasteiger partial charge is 0.271 e. The first-order chi connectivity index (χ1) is 11.6. The molecule has 8 nitrogen and oxygen atoms in total. The fourth-order valence-electron chi connectivity index (χ4n) is 2.40. The van der Waals surface area contributed by atoms with Crippen LogP contribution >= 0.6 is 11.6 Å². The number of likely N-dealkylation sites (N-methyl/N-ethyl adjacent to an activating group) is 1. The normalized spacial score (nSPS) is 12.1. The van der Waals surface area contributed by atoms with Crippen LogP contribution in [0.2, 0.25) is 5.02 Å². The van der Waals surface area contributed by atoms with Gasteiger partial charge in [0.15, 0.2) is 5.82 Å². The van der Waals surface area contributed by atoms with Crippen LogP contribution in [-0.4, -0.2) is 55.2 Å². The average molecular weight is 346 g/mol. The van der Waals surface area contributed by atoms with Crippen LogP contribution in [-0.2, 0) is 0 Å². The predicted molar refractivity (Wildman–Crippen MR) is 88.6 cm³/mol. The molecule has 2 aromatic heterocycles. The lowest BCUT2D eigenvalue weighted by atomic mass is 10.1. The van der Waals surface area contributed by atoms with Crippen molar-refractivity contribution in [2.75, 3.05) is 13.6 Å². The summed E-state index contributed by atoms with van der Waals surface area (Å²) in [4.78, 5) is 14.1. The number of hydrogen-bond acceptors (Lipinski definition) is 5. The van der Waals surface area contributed by atoms with Crippen molar-refractivity contribution in [1.82, 2.24) is 35.7 Å². The lowest BCUT2D eigenvalue weighted by Crippen LogP contribution is -2.31. The Bertz CT molecular complexity index is 830. The molecule has 1 aromatic carbocycles. The number of carbonyl (C=O) groups excluding carboxylic acids is 1. The molecule has 0 fully saturated rings. The van der Waals surface area contributed by atoms with Gasteiger partial charge in [-0.2, -0.15) is 10.3 Å². The lowest BCUT2D eigenvalue weighted by molar-refractivity contribution is 0.0781. The highest BCUT2D eigenvalue weighted by molar-refractivity contribution is 6.33. The topological polar surface area (TPSA) is 103 Å². The summed E-state index contributed by atoms with van der Waals surface area (Å²) in [6.45, 7) is 2.38. The first-order valence-electron chi connectivity index (χ1n) is 7.35. The van der Waals surface area contributed by atoms with Gasteiger partial charge >= 0.3 is 0 Å². The molecule has 2 heterocycles. The summed E-state index contributed by atoms with van der Waals surface area (Å²) in [5, 5.41) is 21.3. The average Bonchev–Trinajstić information content (AvgIpc) is 3.26. The van der Waals surface area contributed by atoms with E-state index in [0.717, 1.165) is 5.56 Å². The molecule has 0 aliphatic carbocycles. The van der Waals surface area contributed by atoms with E-state index in [1.807, 2.05) is 25.1 Å². The van der Waals surface area contributed by atoms with Crippen molar-refractivity contribution < 1.29 is 4.79 Å². The number of rotatable bonds is 5. The minimum absolute atomic E-state index is 0.0383. The van der Waals surface area contributed by atoms with Gasteiger partial charge in [-0.3, -0.25) is 9.89 Å². The van der Waals surface area contributed by atoms with Crippen molar-refractivity contribution in [3.8, 4) is 11.3 Å². The maximum Gasteiger partial charge on any atom is 0.271 e. The van der Waals surface area contributed by atoms with Crippen LogP contribution in [0.25, 0.3) is 11.3 Å². The SMILES string of the molecule is C[C@@H](CN(C)C(=O)c1cc(-c2ccccc2Cl)n[nH]1)c1nn[nH]n1. The Kier molecular flexibility index (Phi) is 4.57. The molecule has 0 aliphatic rings. The molecule has 1 atom stereocenters. The van der Waals surface area contributed by atoms with Crippen molar-refractivity contribution in [2.45, 2.75) is 12.8 Å². The van der Waals surface area contributed by atoms with Gasteiger partial charge in [0.05, 0.1) is 10.7 Å². The zero-order valence-corrected chi connectivity index (χ0v) is 13.9. The molecule has 3 rings (SSSR count). The zero-order chi connectivity index (χ0) is 17.1. The van der Waals surface area contributed by atoms with E-state index in [1.54, 1.807) is 24.1 Å². The molecule has 124 valence electrons. The molecule has 0 saturated carbocycles. The first-order valence-corrected chi connectivity index (χ1v) is 7.73. The summed E-state index contributed by atoms with van der Waals surface area (Å²) in [6.07, 6.45) is 0. The number of amides is 1. The Balaban J connectivity index is 1.72. The Morgan fingerprint density at radius 1 is 1.33 bits per heavy atom. The molecule has 0 saturated heterocycles. The fourth-order valence-corrected chi connectivity index (χ4v) is 2.63. The summed E-state index contributed by atoms with van der Waals surface area (Å²) in [5.74, 6) is 0.357. The zero-order valence-electron chi connectivity index (χ0n) is 13.2. The third-order valence-corrected chi connectivity index (χ3v) is 3.98. The molecule has 3 aromatic rings. The summed E-state index contributed by atoms with van der Waals surface area (Å²) in [6, 6.07) is 9.05. The number of hydrogen-bond donors (Lipinski definition) is 2. The summed E-state index contributed by atoms with van der Waals surface area (Å²) in [7, 11) is 1.72. The van der Waals surface area contributed by atoms with Crippen LogP contribution < -0.4 is 0 Å². The molecular weight excluding hydrogens is 330 g/mol. The van der Waals surface area contributed by atoms with E-state index in [4.69, 9.17) is 11.6 Å². The number of carbonyl (C=O) groups is 1. The third-order valence-electron chi connectivity index (χ3n) is 3.65. The number of aromatic amines is 2. The number of halogens is 1. The Morgan fingerprint density at radius 3 is 2.83 bits per heavy atom. The van der Waals surface area contributed by atoms with Gasteiger partial charge in [0.1, 0.15) is 5.69 Å². The van der Waals surface area contributed by atoms with Crippen molar-refractivity contribution in [3.63, 3.8) is 0 Å². The van der Waals surface area contributed by atoms with E-state index >= 15 is 0 Å². The first kappa shape index (κ1) is 16.1. The van der Waals surface area contributed by atoms with E-state index in [1.165, 1.54) is 0 Å². The van der Waals surface area contributed by atoms with E-state index in [2.05, 4.69) is 30.8 Å². The highest BCUT2D eigenvalue weighted by Gasteiger charge is 2.20. The highest BCUT2D eigenvalue weighted by atomic mass is 35.5. The van der Waals surface area contributed by atoms with E-state index in [-0.39, 0.29) is 11.8 Å². The standard InChI is InChI=1S/C15H16ClN7O/c1-9(14-19-21-22-20-14)8-23(2)15(24)13-7-12(17-18-13)10-5-3-4-6-11(10)16/h3-7,9H,8H2,1-2H3,(H,17,18)(H,19,20,21,22)/t9-/m0/s1. The molecule has 24 heavy (non-hydrogen) atoms. The van der Waals surface area contributed by atoms with Gasteiger partial charge in [-0.25, -0.2) is 0 Å². The van der Waals surface area contributed by atoms with Crippen LogP contribution in [0, 0.1) is 0 Å². The minimum atomic E-state index is -0.170. The number of H-pyrrole nitrogens is 2. The maximum absolute atomic E-state index is 12.5. The number of benzene rings is 1. The second-order valence-electron chi connectivity index (χ2n) is 5.50. The lowest BCUT2D eigenvalue weighted by Gasteiger charge is -2.18. The van der Waals surface area contributed by atoms with E-state index < -0.39 is 0 Å². The van der Waals surface area contributed by atoms with Crippen molar-refractivity contribution in [3.05, 3.63) is 46.9 Å². The summed E-state index contributed by atoms with van der Waals surface area (Å²) in [5.41, 5.74) is 1.80. The third kappa shape index (κ3) is 3.28. The van der Waals surface area contributed by atoms with Crippen LogP contribution in [0.1, 0.15) is 29.2 Å². The van der Waals surface area contributed by atoms with Crippen molar-refractivity contribution >= 4 is 17.5 Å². The maximum atomic E-state index is 12.5. The van der Waals surface area contributed by atoms with Gasteiger partial charge in [-0.05, 0) is 12.1 Å². The summed E-state index contributed by atoms with van der Waals surface area (Å²) < 4.78 is 0. The van der Waals surface area contributed by atoms with Gasteiger partial charge in [0, 0.05) is 25.1 Å². The molecule has 0 aliphatic heterocycles. The van der Waals surface area contributed by atoms with Gasteiger partial charge in [-0.1, -0.05) is 41.9 Å². The summed E-state index contributed by atoms with van der Waals surface area (Å²) >= 11 is 6.16. The number of tetrazole rings is 1. The van der Waals surface area contributed by atoms with Crippen LogP contribution in [0.15, 0.2) is 30.3 Å². The van der Waals surface area contributed by atoms with Crippen LogP contribution in [0.5, 0.6) is 0 Å².